The van der Waals surface area contributed by atoms with E-state index in [1.165, 1.54) is 0 Å². The summed E-state index contributed by atoms with van der Waals surface area (Å²) >= 11 is 0. The molecular formula is C15H20N2O3. The van der Waals surface area contributed by atoms with Crippen molar-refractivity contribution < 1.29 is 14.7 Å². The highest BCUT2D eigenvalue weighted by Crippen LogP contribution is 2.32. The maximum absolute atomic E-state index is 12.5. The zero-order valence-corrected chi connectivity index (χ0v) is 12.1. The summed E-state index contributed by atoms with van der Waals surface area (Å²) in [6.07, 6.45) is 0.630. The van der Waals surface area contributed by atoms with Gasteiger partial charge in [0.05, 0.1) is 11.0 Å². The van der Waals surface area contributed by atoms with Crippen LogP contribution in [0, 0.1) is 12.3 Å². The molecule has 2 N–H and O–H groups in total. The first-order valence-electron chi connectivity index (χ1n) is 6.69. The van der Waals surface area contributed by atoms with Gasteiger partial charge in [-0.3, -0.25) is 9.59 Å². The molecule has 20 heavy (non-hydrogen) atoms. The van der Waals surface area contributed by atoms with Crippen molar-refractivity contribution in [3.05, 3.63) is 29.3 Å². The molecule has 0 radical (unpaired) electrons. The highest BCUT2D eigenvalue weighted by atomic mass is 16.3. The summed E-state index contributed by atoms with van der Waals surface area (Å²) in [5.74, 6) is -0.258. The maximum Gasteiger partial charge on any atom is 0.257 e. The van der Waals surface area contributed by atoms with Crippen LogP contribution in [0.2, 0.25) is 0 Å². The molecule has 1 heterocycles. The predicted octanol–water partition coefficient (Wildman–Crippen LogP) is 1.30. The summed E-state index contributed by atoms with van der Waals surface area (Å²) in [4.78, 5) is 25.9. The molecule has 2 rings (SSSR count). The van der Waals surface area contributed by atoms with Crippen LogP contribution < -0.4 is 5.32 Å². The van der Waals surface area contributed by atoms with Crippen LogP contribution in [0.5, 0.6) is 5.75 Å². The Morgan fingerprint density at radius 2 is 2.10 bits per heavy atom. The zero-order chi connectivity index (χ0) is 14.9. The number of hydrogen-bond acceptors (Lipinski definition) is 3. The van der Waals surface area contributed by atoms with E-state index in [2.05, 4.69) is 5.32 Å². The molecule has 1 aromatic carbocycles. The second-order valence-electron chi connectivity index (χ2n) is 5.59. The SMILES string of the molecule is CNC(=O)C1(C)CCN(C(=O)c2cccc(C)c2O)C1. The minimum absolute atomic E-state index is 0.0195. The fraction of sp³-hybridized carbons (Fsp3) is 0.467. The Morgan fingerprint density at radius 3 is 2.75 bits per heavy atom. The normalized spacial score (nSPS) is 21.9. The first-order valence-corrected chi connectivity index (χ1v) is 6.69. The molecule has 0 aliphatic carbocycles. The standard InChI is InChI=1S/C15H20N2O3/c1-10-5-4-6-11(12(10)18)13(19)17-8-7-15(2,9-17)14(20)16-3/h4-6,18H,7-9H2,1-3H3,(H,16,20). The average Bonchev–Trinajstić information content (AvgIpc) is 2.84. The fourth-order valence-electron chi connectivity index (χ4n) is 2.62. The van der Waals surface area contributed by atoms with Crippen molar-refractivity contribution >= 4 is 11.8 Å². The van der Waals surface area contributed by atoms with Gasteiger partial charge in [-0.2, -0.15) is 0 Å². The molecule has 0 bridgehead atoms. The lowest BCUT2D eigenvalue weighted by Crippen LogP contribution is -2.40. The highest BCUT2D eigenvalue weighted by Gasteiger charge is 2.41. The van der Waals surface area contributed by atoms with Crippen molar-refractivity contribution in [1.29, 1.82) is 0 Å². The molecular weight excluding hydrogens is 256 g/mol. The number of rotatable bonds is 2. The van der Waals surface area contributed by atoms with Gasteiger partial charge in [-0.05, 0) is 31.9 Å². The number of amides is 2. The summed E-state index contributed by atoms with van der Waals surface area (Å²) in [6.45, 7) is 4.51. The molecule has 0 spiro atoms. The third-order valence-corrected chi connectivity index (χ3v) is 4.00. The van der Waals surface area contributed by atoms with E-state index in [9.17, 15) is 14.7 Å². The number of aryl methyl sites for hydroxylation is 1. The number of carbonyl (C=O) groups excluding carboxylic acids is 2. The third-order valence-electron chi connectivity index (χ3n) is 4.00. The van der Waals surface area contributed by atoms with Crippen LogP contribution in [0.3, 0.4) is 0 Å². The molecule has 108 valence electrons. The number of aromatic hydroxyl groups is 1. The molecule has 0 saturated carbocycles. The minimum atomic E-state index is -0.552. The predicted molar refractivity (Wildman–Crippen MR) is 75.5 cm³/mol. The van der Waals surface area contributed by atoms with Crippen molar-refractivity contribution in [2.24, 2.45) is 5.41 Å². The number of hydrogen-bond donors (Lipinski definition) is 2. The van der Waals surface area contributed by atoms with E-state index in [0.29, 0.717) is 30.6 Å². The Kier molecular flexibility index (Phi) is 3.70. The largest absolute Gasteiger partial charge is 0.507 e. The van der Waals surface area contributed by atoms with Gasteiger partial charge in [-0.25, -0.2) is 0 Å². The molecule has 1 aliphatic rings. The molecule has 5 nitrogen and oxygen atoms in total. The summed E-state index contributed by atoms with van der Waals surface area (Å²) in [7, 11) is 1.60. The van der Waals surface area contributed by atoms with Crippen LogP contribution in [0.1, 0.15) is 29.3 Å². The van der Waals surface area contributed by atoms with Crippen molar-refractivity contribution in [3.8, 4) is 5.75 Å². The highest BCUT2D eigenvalue weighted by molar-refractivity contribution is 5.98. The van der Waals surface area contributed by atoms with Gasteiger partial charge in [-0.15, -0.1) is 0 Å². The first-order chi connectivity index (χ1) is 9.39. The van der Waals surface area contributed by atoms with Crippen LogP contribution in [0.15, 0.2) is 18.2 Å². The smallest absolute Gasteiger partial charge is 0.257 e. The number of phenolic OH excluding ortho intramolecular Hbond substituents is 1. The van der Waals surface area contributed by atoms with Gasteiger partial charge in [-0.1, -0.05) is 12.1 Å². The van der Waals surface area contributed by atoms with Gasteiger partial charge in [0.1, 0.15) is 5.75 Å². The maximum atomic E-state index is 12.5. The lowest BCUT2D eigenvalue weighted by molar-refractivity contribution is -0.128. The van der Waals surface area contributed by atoms with E-state index in [-0.39, 0.29) is 17.6 Å². The van der Waals surface area contributed by atoms with Gasteiger partial charge >= 0.3 is 0 Å². The third kappa shape index (κ3) is 2.35. The van der Waals surface area contributed by atoms with Gasteiger partial charge in [0, 0.05) is 20.1 Å². The van der Waals surface area contributed by atoms with Crippen molar-refractivity contribution in [2.45, 2.75) is 20.3 Å². The number of nitrogens with zero attached hydrogens (tertiary/aromatic N) is 1. The summed E-state index contributed by atoms with van der Waals surface area (Å²) < 4.78 is 0. The number of likely N-dealkylation sites (tertiary alicyclic amines) is 1. The van der Waals surface area contributed by atoms with E-state index < -0.39 is 5.41 Å². The van der Waals surface area contributed by atoms with Gasteiger partial charge in [0.15, 0.2) is 0 Å². The van der Waals surface area contributed by atoms with Gasteiger partial charge < -0.3 is 15.3 Å². The molecule has 1 fully saturated rings. The Labute approximate surface area is 118 Å². The lowest BCUT2D eigenvalue weighted by Gasteiger charge is -2.23. The molecule has 1 aliphatic heterocycles. The van der Waals surface area contributed by atoms with Crippen LogP contribution >= 0.6 is 0 Å². The van der Waals surface area contributed by atoms with E-state index in [4.69, 9.17) is 0 Å². The molecule has 0 aromatic heterocycles. The number of nitrogens with one attached hydrogen (secondary N) is 1. The summed E-state index contributed by atoms with van der Waals surface area (Å²) in [6, 6.07) is 5.11. The molecule has 1 aromatic rings. The van der Waals surface area contributed by atoms with E-state index >= 15 is 0 Å². The number of para-hydroxylation sites is 1. The Hall–Kier alpha value is -2.04. The van der Waals surface area contributed by atoms with E-state index in [1.807, 2.05) is 6.92 Å². The van der Waals surface area contributed by atoms with Crippen molar-refractivity contribution in [2.75, 3.05) is 20.1 Å². The Balaban J connectivity index is 2.20. The Morgan fingerprint density at radius 1 is 1.40 bits per heavy atom. The molecule has 5 heteroatoms. The first kappa shape index (κ1) is 14.4. The van der Waals surface area contributed by atoms with Crippen LogP contribution in [-0.4, -0.2) is 42.0 Å². The van der Waals surface area contributed by atoms with Gasteiger partial charge in [0.2, 0.25) is 5.91 Å². The molecule has 1 saturated heterocycles. The van der Waals surface area contributed by atoms with Crippen LogP contribution in [0.4, 0.5) is 0 Å². The van der Waals surface area contributed by atoms with Crippen LogP contribution in [0.25, 0.3) is 0 Å². The number of benzene rings is 1. The van der Waals surface area contributed by atoms with Crippen LogP contribution in [-0.2, 0) is 4.79 Å². The average molecular weight is 276 g/mol. The minimum Gasteiger partial charge on any atom is -0.507 e. The Bertz CT molecular complexity index is 556. The number of phenols is 1. The second kappa shape index (κ2) is 5.15. The quantitative estimate of drug-likeness (QED) is 0.855. The summed E-state index contributed by atoms with van der Waals surface area (Å²) in [5, 5.41) is 12.6. The van der Waals surface area contributed by atoms with E-state index in [1.54, 1.807) is 37.1 Å². The lowest BCUT2D eigenvalue weighted by atomic mass is 9.89. The molecule has 2 amide bonds. The monoisotopic (exact) mass is 276 g/mol. The van der Waals surface area contributed by atoms with Crippen molar-refractivity contribution in [1.82, 2.24) is 10.2 Å². The van der Waals surface area contributed by atoms with Crippen molar-refractivity contribution in [3.63, 3.8) is 0 Å². The topological polar surface area (TPSA) is 69.6 Å². The number of carbonyl (C=O) groups is 2. The fourth-order valence-corrected chi connectivity index (χ4v) is 2.62. The molecule has 1 atom stereocenters. The second-order valence-corrected chi connectivity index (χ2v) is 5.59. The molecule has 1 unspecified atom stereocenters. The van der Waals surface area contributed by atoms with Gasteiger partial charge in [0.25, 0.3) is 5.91 Å². The summed E-state index contributed by atoms with van der Waals surface area (Å²) in [5.41, 5.74) is 0.416. The zero-order valence-electron chi connectivity index (χ0n) is 12.1. The van der Waals surface area contributed by atoms with E-state index in [0.717, 1.165) is 0 Å².